The number of benzene rings is 2. The van der Waals surface area contributed by atoms with Gasteiger partial charge in [-0.1, -0.05) is 50.5 Å². The number of para-hydroxylation sites is 2. The molecule has 1 aromatic heterocycles. The van der Waals surface area contributed by atoms with Crippen LogP contribution in [0.1, 0.15) is 51.1 Å². The second kappa shape index (κ2) is 10.9. The van der Waals surface area contributed by atoms with Crippen molar-refractivity contribution in [3.05, 3.63) is 71.7 Å². The number of methoxy groups -OCH3 is 1. The molecule has 0 aliphatic carbocycles. The van der Waals surface area contributed by atoms with Crippen LogP contribution in [0.5, 0.6) is 11.5 Å². The van der Waals surface area contributed by atoms with E-state index in [0.717, 1.165) is 17.7 Å². The number of anilines is 2. The van der Waals surface area contributed by atoms with E-state index in [1.54, 1.807) is 11.8 Å². The Bertz CT molecular complexity index is 1150. The number of unbranched alkanes of at least 4 members (excludes halogenated alkanes) is 3. The average molecular weight is 462 g/mol. The van der Waals surface area contributed by atoms with Gasteiger partial charge in [0, 0.05) is 5.70 Å². The van der Waals surface area contributed by atoms with Crippen LogP contribution in [0, 0.1) is 0 Å². The first kappa shape index (κ1) is 23.4. The van der Waals surface area contributed by atoms with E-state index in [1.807, 2.05) is 55.5 Å². The van der Waals surface area contributed by atoms with Gasteiger partial charge in [0.25, 0.3) is 5.91 Å². The highest BCUT2D eigenvalue weighted by Gasteiger charge is 2.33. The Morgan fingerprint density at radius 2 is 1.91 bits per heavy atom. The highest BCUT2D eigenvalue weighted by Crippen LogP contribution is 2.36. The molecule has 0 spiro atoms. The zero-order chi connectivity index (χ0) is 23.9. The Labute approximate surface area is 200 Å². The molecular weight excluding hydrogens is 430 g/mol. The summed E-state index contributed by atoms with van der Waals surface area (Å²) < 4.78 is 13.0. The fourth-order valence-electron chi connectivity index (χ4n) is 4.10. The molecule has 34 heavy (non-hydrogen) atoms. The van der Waals surface area contributed by atoms with Gasteiger partial charge in [-0.05, 0) is 43.2 Å². The summed E-state index contributed by atoms with van der Waals surface area (Å²) in [6.07, 6.45) is 6.13. The first-order valence-corrected chi connectivity index (χ1v) is 11.7. The van der Waals surface area contributed by atoms with Crippen molar-refractivity contribution in [2.75, 3.05) is 24.4 Å². The quantitative estimate of drug-likeness (QED) is 0.405. The molecular formula is C26H31N5O3. The number of carbonyl (C=O) groups excluding carboxylic acids is 1. The zero-order valence-electron chi connectivity index (χ0n) is 19.9. The number of allylic oxidation sites excluding steroid dienone is 1. The Balaban J connectivity index is 1.58. The summed E-state index contributed by atoms with van der Waals surface area (Å²) >= 11 is 0. The van der Waals surface area contributed by atoms with Gasteiger partial charge in [-0.15, -0.1) is 0 Å². The molecule has 8 heteroatoms. The summed E-state index contributed by atoms with van der Waals surface area (Å²) in [5.74, 6) is 1.76. The normalized spacial score (nSPS) is 14.9. The van der Waals surface area contributed by atoms with Crippen LogP contribution in [0.3, 0.4) is 0 Å². The maximum Gasteiger partial charge on any atom is 0.255 e. The fourth-order valence-corrected chi connectivity index (χ4v) is 4.10. The van der Waals surface area contributed by atoms with Crippen molar-refractivity contribution in [2.24, 2.45) is 0 Å². The number of nitrogens with one attached hydrogen (secondary N) is 2. The summed E-state index contributed by atoms with van der Waals surface area (Å²) in [5, 5.41) is 10.6. The van der Waals surface area contributed by atoms with Crippen LogP contribution in [0.4, 0.5) is 11.6 Å². The maximum atomic E-state index is 13.5. The topological polar surface area (TPSA) is 90.3 Å². The molecule has 2 heterocycles. The molecule has 1 aliphatic rings. The first-order valence-electron chi connectivity index (χ1n) is 11.7. The minimum absolute atomic E-state index is 0.239. The highest BCUT2D eigenvalue weighted by molar-refractivity contribution is 6.06. The van der Waals surface area contributed by atoms with Gasteiger partial charge < -0.3 is 20.1 Å². The molecule has 3 aromatic rings. The number of hydrogen-bond acceptors (Lipinski definition) is 6. The van der Waals surface area contributed by atoms with Crippen molar-refractivity contribution in [2.45, 2.75) is 45.6 Å². The van der Waals surface area contributed by atoms with E-state index in [9.17, 15) is 4.79 Å². The van der Waals surface area contributed by atoms with Gasteiger partial charge in [-0.25, -0.2) is 4.68 Å². The molecule has 8 nitrogen and oxygen atoms in total. The predicted molar refractivity (Wildman–Crippen MR) is 132 cm³/mol. The second-order valence-electron chi connectivity index (χ2n) is 8.23. The second-order valence-corrected chi connectivity index (χ2v) is 8.23. The van der Waals surface area contributed by atoms with Crippen LogP contribution < -0.4 is 20.1 Å². The largest absolute Gasteiger partial charge is 0.495 e. The third kappa shape index (κ3) is 5.06. The summed E-state index contributed by atoms with van der Waals surface area (Å²) in [6.45, 7) is 4.77. The molecule has 0 saturated carbocycles. The van der Waals surface area contributed by atoms with Crippen molar-refractivity contribution in [1.29, 1.82) is 0 Å². The summed E-state index contributed by atoms with van der Waals surface area (Å²) in [5.41, 5.74) is 2.78. The van der Waals surface area contributed by atoms with Crippen LogP contribution in [-0.4, -0.2) is 34.4 Å². The van der Waals surface area contributed by atoms with E-state index in [2.05, 4.69) is 27.6 Å². The van der Waals surface area contributed by atoms with Gasteiger partial charge in [0.1, 0.15) is 23.9 Å². The van der Waals surface area contributed by atoms with E-state index in [4.69, 9.17) is 9.47 Å². The van der Waals surface area contributed by atoms with Gasteiger partial charge in [-0.2, -0.15) is 10.1 Å². The van der Waals surface area contributed by atoms with E-state index in [-0.39, 0.29) is 5.91 Å². The average Bonchev–Trinajstić information content (AvgIpc) is 3.32. The standard InChI is InChI=1S/C26H31N5O3/c1-4-5-6-9-16-34-20-14-12-19(13-15-20)24-23(18(2)29-26-27-17-28-31(24)26)25(32)30-21-10-7-8-11-22(21)33-3/h7-8,10-15,17,24H,4-6,9,16H2,1-3H3,(H,30,32)(H,27,28,29). The van der Waals surface area contributed by atoms with Crippen molar-refractivity contribution in [1.82, 2.24) is 14.8 Å². The number of hydrogen-bond donors (Lipinski definition) is 2. The summed E-state index contributed by atoms with van der Waals surface area (Å²) in [4.78, 5) is 17.8. The van der Waals surface area contributed by atoms with Crippen molar-refractivity contribution < 1.29 is 14.3 Å². The number of ether oxygens (including phenoxy) is 2. The van der Waals surface area contributed by atoms with Crippen LogP contribution in [0.25, 0.3) is 0 Å². The lowest BCUT2D eigenvalue weighted by Crippen LogP contribution is -2.31. The monoisotopic (exact) mass is 461 g/mol. The number of aromatic nitrogens is 3. The molecule has 1 atom stereocenters. The predicted octanol–water partition coefficient (Wildman–Crippen LogP) is 5.17. The van der Waals surface area contributed by atoms with Gasteiger partial charge in [-0.3, -0.25) is 4.79 Å². The molecule has 4 rings (SSSR count). The van der Waals surface area contributed by atoms with Crippen LogP contribution in [0.15, 0.2) is 66.1 Å². The molecule has 178 valence electrons. The number of rotatable bonds is 10. The highest BCUT2D eigenvalue weighted by atomic mass is 16.5. The Morgan fingerprint density at radius 1 is 1.12 bits per heavy atom. The Hall–Kier alpha value is -3.81. The van der Waals surface area contributed by atoms with E-state index in [1.165, 1.54) is 25.6 Å². The zero-order valence-corrected chi connectivity index (χ0v) is 19.9. The van der Waals surface area contributed by atoms with Crippen molar-refractivity contribution in [3.63, 3.8) is 0 Å². The molecule has 0 bridgehead atoms. The number of carbonyl (C=O) groups is 1. The maximum absolute atomic E-state index is 13.5. The molecule has 2 aromatic carbocycles. The van der Waals surface area contributed by atoms with Crippen LogP contribution in [-0.2, 0) is 4.79 Å². The Morgan fingerprint density at radius 3 is 2.68 bits per heavy atom. The van der Waals surface area contributed by atoms with Gasteiger partial charge in [0.05, 0.1) is 25.0 Å². The van der Waals surface area contributed by atoms with E-state index < -0.39 is 6.04 Å². The molecule has 0 fully saturated rings. The van der Waals surface area contributed by atoms with Crippen molar-refractivity contribution in [3.8, 4) is 11.5 Å². The number of nitrogens with zero attached hydrogens (tertiary/aromatic N) is 3. The van der Waals surface area contributed by atoms with Gasteiger partial charge in [0.15, 0.2) is 0 Å². The minimum atomic E-state index is -0.438. The summed E-state index contributed by atoms with van der Waals surface area (Å²) in [6, 6.07) is 14.7. The van der Waals surface area contributed by atoms with Gasteiger partial charge in [0.2, 0.25) is 5.95 Å². The van der Waals surface area contributed by atoms with Crippen LogP contribution in [0.2, 0.25) is 0 Å². The lowest BCUT2D eigenvalue weighted by molar-refractivity contribution is -0.113. The summed E-state index contributed by atoms with van der Waals surface area (Å²) in [7, 11) is 1.58. The first-order chi connectivity index (χ1) is 16.6. The minimum Gasteiger partial charge on any atom is -0.495 e. The molecule has 2 N–H and O–H groups in total. The third-order valence-electron chi connectivity index (χ3n) is 5.86. The van der Waals surface area contributed by atoms with Gasteiger partial charge >= 0.3 is 0 Å². The molecule has 1 unspecified atom stereocenters. The Kier molecular flexibility index (Phi) is 7.47. The lowest BCUT2D eigenvalue weighted by Gasteiger charge is -2.29. The number of fused-ring (bicyclic) bond motifs is 1. The van der Waals surface area contributed by atoms with E-state index >= 15 is 0 Å². The van der Waals surface area contributed by atoms with E-state index in [0.29, 0.717) is 35.3 Å². The number of amides is 1. The van der Waals surface area contributed by atoms with Crippen molar-refractivity contribution >= 4 is 17.5 Å². The molecule has 0 saturated heterocycles. The SMILES string of the molecule is CCCCCCOc1ccc(C2C(C(=O)Nc3ccccc3OC)=C(C)Nc3ncnn32)cc1. The lowest BCUT2D eigenvalue weighted by atomic mass is 9.95. The van der Waals surface area contributed by atoms with Crippen LogP contribution >= 0.6 is 0 Å². The molecule has 1 aliphatic heterocycles. The molecule has 1 amide bonds. The fraction of sp³-hybridized carbons (Fsp3) is 0.346. The molecule has 0 radical (unpaired) electrons. The third-order valence-corrected chi connectivity index (χ3v) is 5.86. The smallest absolute Gasteiger partial charge is 0.255 e.